The van der Waals surface area contributed by atoms with Crippen LogP contribution in [0, 0.1) is 0 Å². The van der Waals surface area contributed by atoms with Crippen molar-refractivity contribution in [3.8, 4) is 0 Å². The Kier molecular flexibility index (Phi) is 5.29. The summed E-state index contributed by atoms with van der Waals surface area (Å²) in [6, 6.07) is 6.85. The fraction of sp³-hybridized carbons (Fsp3) is 0.333. The SMILES string of the molecule is NC(=S)c1cccc(CNC(=O)CCC(F)(F)F)c1. The van der Waals surface area contributed by atoms with E-state index < -0.39 is 24.9 Å². The van der Waals surface area contributed by atoms with Gasteiger partial charge in [0.2, 0.25) is 5.91 Å². The van der Waals surface area contributed by atoms with Crippen LogP contribution < -0.4 is 11.1 Å². The highest BCUT2D eigenvalue weighted by molar-refractivity contribution is 7.80. The molecule has 19 heavy (non-hydrogen) atoms. The van der Waals surface area contributed by atoms with E-state index in [0.717, 1.165) is 5.56 Å². The standard InChI is InChI=1S/C12H13F3N2OS/c13-12(14,15)5-4-10(18)17-7-8-2-1-3-9(6-8)11(16)19/h1-3,6H,4-5,7H2,(H2,16,19)(H,17,18). The zero-order valence-electron chi connectivity index (χ0n) is 9.96. The second kappa shape index (κ2) is 6.51. The average Bonchev–Trinajstić information content (AvgIpc) is 2.33. The largest absolute Gasteiger partial charge is 0.389 e. The Bertz CT molecular complexity index is 474. The normalized spacial score (nSPS) is 11.1. The van der Waals surface area contributed by atoms with E-state index in [2.05, 4.69) is 5.32 Å². The molecule has 1 amide bonds. The van der Waals surface area contributed by atoms with Crippen LogP contribution in [0.4, 0.5) is 13.2 Å². The van der Waals surface area contributed by atoms with Gasteiger partial charge in [0.15, 0.2) is 0 Å². The minimum Gasteiger partial charge on any atom is -0.389 e. The number of amides is 1. The number of benzene rings is 1. The molecule has 0 heterocycles. The maximum Gasteiger partial charge on any atom is 0.389 e. The van der Waals surface area contributed by atoms with E-state index in [1.807, 2.05) is 0 Å². The molecule has 0 unspecified atom stereocenters. The van der Waals surface area contributed by atoms with Gasteiger partial charge in [-0.25, -0.2) is 0 Å². The minimum absolute atomic E-state index is 0.146. The van der Waals surface area contributed by atoms with Crippen molar-refractivity contribution < 1.29 is 18.0 Å². The number of alkyl halides is 3. The summed E-state index contributed by atoms with van der Waals surface area (Å²) in [4.78, 5) is 11.4. The summed E-state index contributed by atoms with van der Waals surface area (Å²) in [5.74, 6) is -0.641. The topological polar surface area (TPSA) is 55.1 Å². The number of hydrogen-bond donors (Lipinski definition) is 2. The van der Waals surface area contributed by atoms with Gasteiger partial charge in [-0.05, 0) is 11.6 Å². The van der Waals surface area contributed by atoms with E-state index in [4.69, 9.17) is 18.0 Å². The number of halogens is 3. The van der Waals surface area contributed by atoms with Crippen molar-refractivity contribution in [1.82, 2.24) is 5.32 Å². The van der Waals surface area contributed by atoms with Crippen LogP contribution in [-0.4, -0.2) is 17.1 Å². The van der Waals surface area contributed by atoms with Crippen molar-refractivity contribution in [3.63, 3.8) is 0 Å². The number of nitrogens with two attached hydrogens (primary N) is 1. The number of carbonyl (C=O) groups is 1. The van der Waals surface area contributed by atoms with Crippen molar-refractivity contribution in [2.45, 2.75) is 25.6 Å². The molecule has 1 aromatic rings. The van der Waals surface area contributed by atoms with Gasteiger partial charge >= 0.3 is 6.18 Å². The number of hydrogen-bond acceptors (Lipinski definition) is 2. The molecule has 0 fully saturated rings. The van der Waals surface area contributed by atoms with Gasteiger partial charge in [0.05, 0.1) is 6.42 Å². The highest BCUT2D eigenvalue weighted by atomic mass is 32.1. The van der Waals surface area contributed by atoms with Gasteiger partial charge in [-0.2, -0.15) is 13.2 Å². The lowest BCUT2D eigenvalue weighted by molar-refractivity contribution is -0.144. The van der Waals surface area contributed by atoms with E-state index in [-0.39, 0.29) is 11.5 Å². The van der Waals surface area contributed by atoms with Crippen LogP contribution in [0.25, 0.3) is 0 Å². The van der Waals surface area contributed by atoms with Crippen LogP contribution in [0.5, 0.6) is 0 Å². The Morgan fingerprint density at radius 1 is 1.37 bits per heavy atom. The first-order chi connectivity index (χ1) is 8.78. The maximum absolute atomic E-state index is 11.9. The van der Waals surface area contributed by atoms with Crippen molar-refractivity contribution in [3.05, 3.63) is 35.4 Å². The molecule has 0 saturated carbocycles. The molecule has 0 saturated heterocycles. The van der Waals surface area contributed by atoms with E-state index in [1.165, 1.54) is 0 Å². The number of carbonyl (C=O) groups excluding carboxylic acids is 1. The van der Waals surface area contributed by atoms with E-state index >= 15 is 0 Å². The smallest absolute Gasteiger partial charge is 0.389 e. The molecule has 0 aliphatic carbocycles. The highest BCUT2D eigenvalue weighted by Crippen LogP contribution is 2.21. The van der Waals surface area contributed by atoms with Crippen LogP contribution in [-0.2, 0) is 11.3 Å². The van der Waals surface area contributed by atoms with Gasteiger partial charge in [0.1, 0.15) is 4.99 Å². The zero-order chi connectivity index (χ0) is 14.5. The monoisotopic (exact) mass is 290 g/mol. The molecule has 1 rings (SSSR count). The van der Waals surface area contributed by atoms with Crippen LogP contribution in [0.15, 0.2) is 24.3 Å². The van der Waals surface area contributed by atoms with Crippen LogP contribution in [0.2, 0.25) is 0 Å². The molecule has 7 heteroatoms. The lowest BCUT2D eigenvalue weighted by Gasteiger charge is -2.08. The summed E-state index contributed by atoms with van der Waals surface area (Å²) in [6.45, 7) is 0.146. The molecule has 3 N–H and O–H groups in total. The Hall–Kier alpha value is -1.63. The lowest BCUT2D eigenvalue weighted by Crippen LogP contribution is -2.24. The molecule has 0 spiro atoms. The van der Waals surface area contributed by atoms with Crippen molar-refractivity contribution in [2.24, 2.45) is 5.73 Å². The summed E-state index contributed by atoms with van der Waals surface area (Å²) >= 11 is 4.81. The Balaban J connectivity index is 2.46. The molecule has 0 bridgehead atoms. The lowest BCUT2D eigenvalue weighted by atomic mass is 10.1. The average molecular weight is 290 g/mol. The first-order valence-electron chi connectivity index (χ1n) is 5.50. The predicted octanol–water partition coefficient (Wildman–Crippen LogP) is 2.28. The first kappa shape index (κ1) is 15.4. The zero-order valence-corrected chi connectivity index (χ0v) is 10.8. The van der Waals surface area contributed by atoms with Crippen molar-refractivity contribution >= 4 is 23.1 Å². The van der Waals surface area contributed by atoms with E-state index in [9.17, 15) is 18.0 Å². The third-order valence-corrected chi connectivity index (χ3v) is 2.57. The molecule has 0 aromatic heterocycles. The first-order valence-corrected chi connectivity index (χ1v) is 5.91. The molecule has 1 aromatic carbocycles. The summed E-state index contributed by atoms with van der Waals surface area (Å²) < 4.78 is 35.7. The van der Waals surface area contributed by atoms with Gasteiger partial charge in [-0.15, -0.1) is 0 Å². The molecular weight excluding hydrogens is 277 g/mol. The Morgan fingerprint density at radius 3 is 2.63 bits per heavy atom. The summed E-state index contributed by atoms with van der Waals surface area (Å²) in [5.41, 5.74) is 6.83. The fourth-order valence-corrected chi connectivity index (χ4v) is 1.51. The minimum atomic E-state index is -4.32. The van der Waals surface area contributed by atoms with Gasteiger partial charge in [-0.3, -0.25) is 4.79 Å². The summed E-state index contributed by atoms with van der Waals surface area (Å²) in [5, 5.41) is 2.41. The second-order valence-corrected chi connectivity index (χ2v) is 4.40. The molecule has 0 aliphatic rings. The van der Waals surface area contributed by atoms with Gasteiger partial charge in [0.25, 0.3) is 0 Å². The highest BCUT2D eigenvalue weighted by Gasteiger charge is 2.27. The molecular formula is C12H13F3N2OS. The van der Waals surface area contributed by atoms with Crippen LogP contribution in [0.3, 0.4) is 0 Å². The molecule has 0 atom stereocenters. The second-order valence-electron chi connectivity index (χ2n) is 3.96. The maximum atomic E-state index is 11.9. The third kappa shape index (κ3) is 6.19. The predicted molar refractivity (Wildman–Crippen MR) is 69.5 cm³/mol. The van der Waals surface area contributed by atoms with Gasteiger partial charge in [0, 0.05) is 18.5 Å². The molecule has 3 nitrogen and oxygen atoms in total. The summed E-state index contributed by atoms with van der Waals surface area (Å²) in [7, 11) is 0. The number of rotatable bonds is 5. The van der Waals surface area contributed by atoms with Crippen molar-refractivity contribution in [1.29, 1.82) is 0 Å². The van der Waals surface area contributed by atoms with E-state index in [0.29, 0.717) is 5.56 Å². The van der Waals surface area contributed by atoms with Crippen molar-refractivity contribution in [2.75, 3.05) is 0 Å². The molecule has 104 valence electrons. The Labute approximate surface area is 114 Å². The van der Waals surface area contributed by atoms with E-state index in [1.54, 1.807) is 24.3 Å². The van der Waals surface area contributed by atoms with Gasteiger partial charge in [-0.1, -0.05) is 30.4 Å². The molecule has 0 radical (unpaired) electrons. The number of thiocarbonyl (C=S) groups is 1. The van der Waals surface area contributed by atoms with Gasteiger partial charge < -0.3 is 11.1 Å². The van der Waals surface area contributed by atoms with Crippen LogP contribution >= 0.6 is 12.2 Å². The third-order valence-electron chi connectivity index (χ3n) is 2.34. The Morgan fingerprint density at radius 2 is 2.05 bits per heavy atom. The quantitative estimate of drug-likeness (QED) is 0.818. The summed E-state index contributed by atoms with van der Waals surface area (Å²) in [6.07, 6.45) is -6.01. The number of nitrogens with one attached hydrogen (secondary N) is 1. The van der Waals surface area contributed by atoms with Crippen LogP contribution in [0.1, 0.15) is 24.0 Å². The fourth-order valence-electron chi connectivity index (χ4n) is 1.38. The molecule has 0 aliphatic heterocycles.